The van der Waals surface area contributed by atoms with Crippen molar-refractivity contribution < 1.29 is 18.7 Å². The van der Waals surface area contributed by atoms with Gasteiger partial charge in [-0.1, -0.05) is 36.4 Å². The summed E-state index contributed by atoms with van der Waals surface area (Å²) in [6.45, 7) is 3.79. The molecule has 4 rings (SSSR count). The van der Waals surface area contributed by atoms with Crippen molar-refractivity contribution >= 4 is 16.9 Å². The highest BCUT2D eigenvalue weighted by atomic mass is 16.5. The second kappa shape index (κ2) is 9.10. The molecule has 0 amide bonds. The number of rotatable bonds is 6. The number of carbonyl (C=O) groups is 1. The van der Waals surface area contributed by atoms with Gasteiger partial charge in [-0.3, -0.25) is 9.59 Å². The fourth-order valence-electron chi connectivity index (χ4n) is 3.75. The number of esters is 1. The summed E-state index contributed by atoms with van der Waals surface area (Å²) in [5, 5.41) is 0.415. The highest BCUT2D eigenvalue weighted by Crippen LogP contribution is 2.33. The van der Waals surface area contributed by atoms with Gasteiger partial charge in [0, 0.05) is 12.0 Å². The average molecular weight is 428 g/mol. The van der Waals surface area contributed by atoms with Gasteiger partial charge in [-0.2, -0.15) is 0 Å². The first-order valence-corrected chi connectivity index (χ1v) is 10.4. The van der Waals surface area contributed by atoms with Crippen LogP contribution in [0.3, 0.4) is 0 Å². The van der Waals surface area contributed by atoms with Crippen molar-refractivity contribution in [1.29, 1.82) is 0 Å². The molecular weight excluding hydrogens is 404 g/mol. The zero-order valence-electron chi connectivity index (χ0n) is 18.3. The van der Waals surface area contributed by atoms with Crippen LogP contribution in [0.4, 0.5) is 0 Å². The first-order valence-electron chi connectivity index (χ1n) is 10.4. The molecule has 1 heterocycles. The molecule has 0 saturated carbocycles. The van der Waals surface area contributed by atoms with Crippen molar-refractivity contribution in [3.05, 3.63) is 93.6 Å². The Balaban J connectivity index is 1.76. The Morgan fingerprint density at radius 2 is 1.69 bits per heavy atom. The van der Waals surface area contributed by atoms with Crippen molar-refractivity contribution in [3.8, 4) is 22.8 Å². The zero-order chi connectivity index (χ0) is 22.7. The fraction of sp³-hybridized carbons (Fsp3) is 0.185. The van der Waals surface area contributed by atoms with Crippen LogP contribution < -0.4 is 14.9 Å². The van der Waals surface area contributed by atoms with Crippen molar-refractivity contribution in [1.82, 2.24) is 0 Å². The van der Waals surface area contributed by atoms with Crippen LogP contribution in [-0.2, 0) is 11.2 Å². The maximum absolute atomic E-state index is 13.4. The lowest BCUT2D eigenvalue weighted by atomic mass is 10.0. The van der Waals surface area contributed by atoms with E-state index in [0.717, 1.165) is 16.7 Å². The highest BCUT2D eigenvalue weighted by Gasteiger charge is 2.22. The van der Waals surface area contributed by atoms with E-state index in [-0.39, 0.29) is 23.4 Å². The summed E-state index contributed by atoms with van der Waals surface area (Å²) in [5.41, 5.74) is 3.50. The Morgan fingerprint density at radius 3 is 2.38 bits per heavy atom. The van der Waals surface area contributed by atoms with Crippen LogP contribution in [0, 0.1) is 13.8 Å². The van der Waals surface area contributed by atoms with Gasteiger partial charge in [-0.15, -0.1) is 0 Å². The second-order valence-electron chi connectivity index (χ2n) is 7.73. The summed E-state index contributed by atoms with van der Waals surface area (Å²) in [7, 11) is 1.58. The second-order valence-corrected chi connectivity index (χ2v) is 7.73. The van der Waals surface area contributed by atoms with E-state index in [9.17, 15) is 9.59 Å². The molecule has 4 aromatic rings. The molecule has 1 aromatic heterocycles. The molecule has 5 heteroatoms. The van der Waals surface area contributed by atoms with E-state index < -0.39 is 5.97 Å². The van der Waals surface area contributed by atoms with E-state index in [1.165, 1.54) is 0 Å². The zero-order valence-corrected chi connectivity index (χ0v) is 18.3. The third kappa shape index (κ3) is 4.42. The third-order valence-corrected chi connectivity index (χ3v) is 5.32. The van der Waals surface area contributed by atoms with E-state index in [4.69, 9.17) is 13.9 Å². The van der Waals surface area contributed by atoms with Crippen molar-refractivity contribution in [2.75, 3.05) is 7.11 Å². The molecule has 0 N–H and O–H groups in total. The van der Waals surface area contributed by atoms with Crippen molar-refractivity contribution in [3.63, 3.8) is 0 Å². The summed E-state index contributed by atoms with van der Waals surface area (Å²) in [4.78, 5) is 26.1. The monoisotopic (exact) mass is 428 g/mol. The molecule has 3 aromatic carbocycles. The van der Waals surface area contributed by atoms with Gasteiger partial charge in [0.25, 0.3) is 0 Å². The minimum atomic E-state index is -0.486. The van der Waals surface area contributed by atoms with Crippen LogP contribution in [0.15, 0.2) is 75.9 Å². The Hall–Kier alpha value is -3.86. The molecule has 0 bridgehead atoms. The summed E-state index contributed by atoms with van der Waals surface area (Å²) < 4.78 is 17.0. The fourth-order valence-corrected chi connectivity index (χ4v) is 3.75. The van der Waals surface area contributed by atoms with Gasteiger partial charge in [0.1, 0.15) is 11.3 Å². The quantitative estimate of drug-likeness (QED) is 0.373. The molecule has 0 fully saturated rings. The minimum absolute atomic E-state index is 0.0901. The lowest BCUT2D eigenvalue weighted by molar-refractivity contribution is -0.134. The maximum atomic E-state index is 13.4. The number of carbonyl (C=O) groups excluding carboxylic acids is 1. The molecule has 0 atom stereocenters. The lowest BCUT2D eigenvalue weighted by Crippen LogP contribution is -2.17. The maximum Gasteiger partial charge on any atom is 0.311 e. The summed E-state index contributed by atoms with van der Waals surface area (Å²) in [6, 6.07) is 20.5. The number of aryl methyl sites for hydroxylation is 3. The third-order valence-electron chi connectivity index (χ3n) is 5.32. The topological polar surface area (TPSA) is 65.7 Å². The van der Waals surface area contributed by atoms with Gasteiger partial charge in [-0.25, -0.2) is 0 Å². The SMILES string of the molecule is COc1ccc(-c2oc3cc(C)cc(C)c3c(=O)c2OC(=O)CCc2ccccc2)cc1. The smallest absolute Gasteiger partial charge is 0.311 e. The van der Waals surface area contributed by atoms with E-state index in [2.05, 4.69) is 0 Å². The van der Waals surface area contributed by atoms with Crippen LogP contribution in [0.2, 0.25) is 0 Å². The molecule has 32 heavy (non-hydrogen) atoms. The highest BCUT2D eigenvalue weighted by molar-refractivity contribution is 5.87. The van der Waals surface area contributed by atoms with Gasteiger partial charge >= 0.3 is 5.97 Å². The van der Waals surface area contributed by atoms with Crippen LogP contribution in [0.5, 0.6) is 11.5 Å². The van der Waals surface area contributed by atoms with E-state index in [1.54, 1.807) is 31.4 Å². The number of fused-ring (bicyclic) bond motifs is 1. The van der Waals surface area contributed by atoms with Crippen molar-refractivity contribution in [2.45, 2.75) is 26.7 Å². The van der Waals surface area contributed by atoms with Gasteiger partial charge < -0.3 is 13.9 Å². The Bertz CT molecular complexity index is 1320. The molecular formula is C27H24O5. The van der Waals surface area contributed by atoms with Crippen LogP contribution in [-0.4, -0.2) is 13.1 Å². The Morgan fingerprint density at radius 1 is 0.969 bits per heavy atom. The molecule has 5 nitrogen and oxygen atoms in total. The largest absolute Gasteiger partial charge is 0.497 e. The molecule has 0 aliphatic heterocycles. The number of methoxy groups -OCH3 is 1. The number of hydrogen-bond acceptors (Lipinski definition) is 5. The minimum Gasteiger partial charge on any atom is -0.497 e. The molecule has 0 radical (unpaired) electrons. The number of benzene rings is 3. The van der Waals surface area contributed by atoms with Crippen LogP contribution >= 0.6 is 0 Å². The first kappa shape index (κ1) is 21.4. The van der Waals surface area contributed by atoms with E-state index in [0.29, 0.717) is 28.7 Å². The van der Waals surface area contributed by atoms with Gasteiger partial charge in [0.05, 0.1) is 12.5 Å². The summed E-state index contributed by atoms with van der Waals surface area (Å²) in [5.74, 6) is 0.320. The van der Waals surface area contributed by atoms with Crippen LogP contribution in [0.1, 0.15) is 23.1 Å². The molecule has 0 aliphatic rings. The van der Waals surface area contributed by atoms with E-state index in [1.807, 2.05) is 56.3 Å². The predicted molar refractivity (Wildman–Crippen MR) is 124 cm³/mol. The summed E-state index contributed by atoms with van der Waals surface area (Å²) >= 11 is 0. The molecule has 0 unspecified atom stereocenters. The van der Waals surface area contributed by atoms with Crippen molar-refractivity contribution in [2.24, 2.45) is 0 Å². The molecule has 0 aliphatic carbocycles. The Kier molecular flexibility index (Phi) is 6.08. The standard InChI is InChI=1S/C27H24O5/c1-17-15-18(2)24-22(16-17)31-26(20-10-12-21(30-3)13-11-20)27(25(24)29)32-23(28)14-9-19-7-5-4-6-8-19/h4-8,10-13,15-16H,9,14H2,1-3H3. The molecule has 0 spiro atoms. The summed E-state index contributed by atoms with van der Waals surface area (Å²) in [6.07, 6.45) is 0.672. The number of hydrogen-bond donors (Lipinski definition) is 0. The normalized spacial score (nSPS) is 10.8. The van der Waals surface area contributed by atoms with Crippen LogP contribution in [0.25, 0.3) is 22.3 Å². The van der Waals surface area contributed by atoms with Gasteiger partial charge in [-0.05, 0) is 67.3 Å². The first-order chi connectivity index (χ1) is 15.5. The average Bonchev–Trinajstić information content (AvgIpc) is 2.79. The predicted octanol–water partition coefficient (Wildman–Crippen LogP) is 5.62. The van der Waals surface area contributed by atoms with Gasteiger partial charge in [0.2, 0.25) is 11.2 Å². The Labute approximate surface area is 186 Å². The molecule has 0 saturated heterocycles. The van der Waals surface area contributed by atoms with Gasteiger partial charge in [0.15, 0.2) is 5.76 Å². The van der Waals surface area contributed by atoms with E-state index >= 15 is 0 Å². The number of ether oxygens (including phenoxy) is 2. The lowest BCUT2D eigenvalue weighted by Gasteiger charge is -2.12. The molecule has 162 valence electrons.